The number of hydrogen-bond acceptors (Lipinski definition) is 4. The first-order chi connectivity index (χ1) is 11.8. The molecule has 0 atom stereocenters. The summed E-state index contributed by atoms with van der Waals surface area (Å²) in [5.41, 5.74) is 4.78. The third kappa shape index (κ3) is 2.18. The first-order valence-corrected chi connectivity index (χ1v) is 8.92. The van der Waals surface area contributed by atoms with E-state index in [0.29, 0.717) is 6.54 Å². The summed E-state index contributed by atoms with van der Waals surface area (Å²) in [5.74, 6) is 0. The van der Waals surface area contributed by atoms with Crippen molar-refractivity contribution in [2.45, 2.75) is 19.5 Å². The van der Waals surface area contributed by atoms with E-state index in [2.05, 4.69) is 39.1 Å². The summed E-state index contributed by atoms with van der Waals surface area (Å²) >= 11 is 1.50. The van der Waals surface area contributed by atoms with Crippen LogP contribution in [0.4, 0.5) is 0 Å². The number of thiazole rings is 1. The number of H-pyrrole nitrogens is 1. The largest absolute Gasteiger partial charge is 0.358 e. The Labute approximate surface area is 142 Å². The Hall–Kier alpha value is -2.44. The minimum atomic E-state index is 0.000965. The summed E-state index contributed by atoms with van der Waals surface area (Å²) in [6.07, 6.45) is 2.78. The van der Waals surface area contributed by atoms with Crippen LogP contribution in [-0.4, -0.2) is 25.8 Å². The average molecular weight is 336 g/mol. The molecule has 0 aliphatic carbocycles. The Kier molecular flexibility index (Phi) is 3.08. The molecule has 120 valence electrons. The lowest BCUT2D eigenvalue weighted by Crippen LogP contribution is -2.30. The first-order valence-electron chi connectivity index (χ1n) is 8.04. The van der Waals surface area contributed by atoms with Crippen LogP contribution in [0.3, 0.4) is 0 Å². The quantitative estimate of drug-likeness (QED) is 0.612. The van der Waals surface area contributed by atoms with E-state index in [0.717, 1.165) is 30.2 Å². The Bertz CT molecular complexity index is 1110. The molecule has 6 heteroatoms. The molecule has 0 spiro atoms. The molecule has 1 aliphatic heterocycles. The van der Waals surface area contributed by atoms with E-state index >= 15 is 0 Å². The second-order valence-corrected chi connectivity index (χ2v) is 7.10. The lowest BCUT2D eigenvalue weighted by atomic mass is 10.0. The van der Waals surface area contributed by atoms with Gasteiger partial charge in [-0.1, -0.05) is 18.2 Å². The fourth-order valence-corrected chi connectivity index (χ4v) is 4.29. The lowest BCUT2D eigenvalue weighted by molar-refractivity contribution is 0.243. The molecule has 0 amide bonds. The summed E-state index contributed by atoms with van der Waals surface area (Å²) in [5, 5.41) is 3.20. The van der Waals surface area contributed by atoms with Crippen LogP contribution in [0, 0.1) is 0 Å². The van der Waals surface area contributed by atoms with Gasteiger partial charge < -0.3 is 4.98 Å². The molecule has 4 heterocycles. The van der Waals surface area contributed by atoms with Crippen LogP contribution in [0.15, 0.2) is 46.7 Å². The van der Waals surface area contributed by atoms with E-state index < -0.39 is 0 Å². The summed E-state index contributed by atoms with van der Waals surface area (Å²) in [4.78, 5) is 23.4. The fraction of sp³-hybridized carbons (Fsp3) is 0.222. The maximum atomic E-state index is 12.1. The summed E-state index contributed by atoms with van der Waals surface area (Å²) < 4.78 is 1.60. The first kappa shape index (κ1) is 13.9. The highest BCUT2D eigenvalue weighted by molar-refractivity contribution is 7.15. The maximum Gasteiger partial charge on any atom is 0.258 e. The molecule has 0 saturated heterocycles. The Morgan fingerprint density at radius 1 is 1.29 bits per heavy atom. The van der Waals surface area contributed by atoms with E-state index in [1.54, 1.807) is 16.7 Å². The van der Waals surface area contributed by atoms with Crippen molar-refractivity contribution in [1.82, 2.24) is 19.3 Å². The molecule has 0 fully saturated rings. The Morgan fingerprint density at radius 2 is 2.21 bits per heavy atom. The third-order valence-corrected chi connectivity index (χ3v) is 5.46. The van der Waals surface area contributed by atoms with E-state index in [1.807, 2.05) is 5.38 Å². The molecule has 5 rings (SSSR count). The third-order valence-electron chi connectivity index (χ3n) is 4.70. The molecule has 0 unspecified atom stereocenters. The van der Waals surface area contributed by atoms with Gasteiger partial charge in [-0.3, -0.25) is 14.1 Å². The highest BCUT2D eigenvalue weighted by Gasteiger charge is 2.21. The van der Waals surface area contributed by atoms with E-state index in [9.17, 15) is 4.79 Å². The van der Waals surface area contributed by atoms with Crippen molar-refractivity contribution >= 4 is 27.2 Å². The molecule has 3 aromatic heterocycles. The van der Waals surface area contributed by atoms with Gasteiger partial charge in [0.2, 0.25) is 0 Å². The number of fused-ring (bicyclic) bond motifs is 4. The van der Waals surface area contributed by atoms with Crippen molar-refractivity contribution in [2.24, 2.45) is 0 Å². The molecule has 0 bridgehead atoms. The molecule has 0 radical (unpaired) electrons. The number of aromatic nitrogens is 3. The summed E-state index contributed by atoms with van der Waals surface area (Å²) in [6.45, 7) is 2.58. The van der Waals surface area contributed by atoms with Crippen molar-refractivity contribution in [1.29, 1.82) is 0 Å². The number of hydrogen-bond donors (Lipinski definition) is 1. The zero-order chi connectivity index (χ0) is 16.1. The molecule has 4 aromatic rings. The number of aromatic amines is 1. The normalized spacial score (nSPS) is 15.2. The predicted molar refractivity (Wildman–Crippen MR) is 95.5 cm³/mol. The van der Waals surface area contributed by atoms with Crippen LogP contribution in [0.2, 0.25) is 0 Å². The van der Waals surface area contributed by atoms with Gasteiger partial charge in [0.05, 0.1) is 5.69 Å². The molecular weight excluding hydrogens is 320 g/mol. The topological polar surface area (TPSA) is 53.4 Å². The van der Waals surface area contributed by atoms with Gasteiger partial charge in [0.1, 0.15) is 0 Å². The van der Waals surface area contributed by atoms with Gasteiger partial charge >= 0.3 is 0 Å². The van der Waals surface area contributed by atoms with Crippen LogP contribution in [0.25, 0.3) is 15.9 Å². The second kappa shape index (κ2) is 5.29. The predicted octanol–water partition coefficient (Wildman–Crippen LogP) is 2.80. The summed E-state index contributed by atoms with van der Waals surface area (Å²) in [6, 6.07) is 10.1. The standard InChI is InChI=1S/C18H16N4OS/c23-17-9-12(19-18-22(17)7-8-24-18)10-21-6-5-16-14(11-21)13-3-1-2-4-15(13)20-16/h1-4,7-9,20H,5-6,10-11H2. The number of para-hydroxylation sites is 1. The van der Waals surface area contributed by atoms with Gasteiger partial charge in [0.15, 0.2) is 4.96 Å². The number of nitrogens with zero attached hydrogens (tertiary/aromatic N) is 3. The Morgan fingerprint density at radius 3 is 3.17 bits per heavy atom. The average Bonchev–Trinajstić information content (AvgIpc) is 3.19. The minimum Gasteiger partial charge on any atom is -0.358 e. The number of rotatable bonds is 2. The number of nitrogens with one attached hydrogen (secondary N) is 1. The van der Waals surface area contributed by atoms with Crippen molar-refractivity contribution in [3.05, 3.63) is 69.2 Å². The molecule has 0 saturated carbocycles. The highest BCUT2D eigenvalue weighted by atomic mass is 32.1. The van der Waals surface area contributed by atoms with Gasteiger partial charge in [0, 0.05) is 60.3 Å². The van der Waals surface area contributed by atoms with Crippen molar-refractivity contribution in [2.75, 3.05) is 6.54 Å². The molecule has 1 aromatic carbocycles. The van der Waals surface area contributed by atoms with E-state index in [1.165, 1.54) is 33.5 Å². The van der Waals surface area contributed by atoms with Crippen molar-refractivity contribution in [3.8, 4) is 0 Å². The number of benzene rings is 1. The highest BCUT2D eigenvalue weighted by Crippen LogP contribution is 2.28. The van der Waals surface area contributed by atoms with E-state index in [-0.39, 0.29) is 5.56 Å². The zero-order valence-electron chi connectivity index (χ0n) is 13.0. The maximum absolute atomic E-state index is 12.1. The van der Waals surface area contributed by atoms with Crippen LogP contribution in [0.1, 0.15) is 17.0 Å². The molecule has 24 heavy (non-hydrogen) atoms. The fourth-order valence-electron chi connectivity index (χ4n) is 3.56. The zero-order valence-corrected chi connectivity index (χ0v) is 13.8. The van der Waals surface area contributed by atoms with Crippen molar-refractivity contribution in [3.63, 3.8) is 0 Å². The molecule has 5 nitrogen and oxygen atoms in total. The monoisotopic (exact) mass is 336 g/mol. The van der Waals surface area contributed by atoms with Gasteiger partial charge in [-0.15, -0.1) is 11.3 Å². The van der Waals surface area contributed by atoms with Gasteiger partial charge in [-0.05, 0) is 11.6 Å². The van der Waals surface area contributed by atoms with Crippen LogP contribution < -0.4 is 5.56 Å². The Balaban J connectivity index is 1.47. The molecule has 1 aliphatic rings. The van der Waals surface area contributed by atoms with E-state index in [4.69, 9.17) is 0 Å². The smallest absolute Gasteiger partial charge is 0.258 e. The van der Waals surface area contributed by atoms with Gasteiger partial charge in [0.25, 0.3) is 5.56 Å². The lowest BCUT2D eigenvalue weighted by Gasteiger charge is -2.26. The van der Waals surface area contributed by atoms with Crippen LogP contribution in [-0.2, 0) is 19.5 Å². The molecule has 1 N–H and O–H groups in total. The molecular formula is C18H16N4OS. The van der Waals surface area contributed by atoms with Crippen molar-refractivity contribution < 1.29 is 0 Å². The van der Waals surface area contributed by atoms with Gasteiger partial charge in [-0.2, -0.15) is 0 Å². The second-order valence-electron chi connectivity index (χ2n) is 6.23. The summed E-state index contributed by atoms with van der Waals surface area (Å²) in [7, 11) is 0. The van der Waals surface area contributed by atoms with Crippen LogP contribution in [0.5, 0.6) is 0 Å². The minimum absolute atomic E-state index is 0.000965. The van der Waals surface area contributed by atoms with Crippen LogP contribution >= 0.6 is 11.3 Å². The van der Waals surface area contributed by atoms with Gasteiger partial charge in [-0.25, -0.2) is 4.98 Å². The SMILES string of the molecule is O=c1cc(CN2CCc3[nH]c4ccccc4c3C2)nc2sccn12.